The molecule has 2 aromatic carbocycles. The van der Waals surface area contributed by atoms with Crippen LogP contribution in [0.25, 0.3) is 0 Å². The molecule has 0 spiro atoms. The van der Waals surface area contributed by atoms with Gasteiger partial charge in [-0.15, -0.1) is 0 Å². The van der Waals surface area contributed by atoms with E-state index in [0.717, 1.165) is 5.56 Å². The van der Waals surface area contributed by atoms with Crippen LogP contribution < -0.4 is 5.32 Å². The number of rotatable bonds is 4. The number of amides is 1. The van der Waals surface area contributed by atoms with Crippen LogP contribution in [0.2, 0.25) is 5.02 Å². The molecule has 0 aliphatic rings. The molecule has 1 unspecified atom stereocenters. The third-order valence-corrected chi connectivity index (χ3v) is 3.61. The molecule has 0 fully saturated rings. The minimum atomic E-state index is -0.243. The van der Waals surface area contributed by atoms with Gasteiger partial charge < -0.3 is 5.32 Å². The number of halogens is 1. The number of hydrogen-bond donors (Lipinski definition) is 1. The quantitative estimate of drug-likeness (QED) is 0.912. The van der Waals surface area contributed by atoms with E-state index in [-0.39, 0.29) is 11.8 Å². The molecule has 0 saturated heterocycles. The summed E-state index contributed by atoms with van der Waals surface area (Å²) < 4.78 is 0. The minimum absolute atomic E-state index is 0.124. The third kappa shape index (κ3) is 3.62. The lowest BCUT2D eigenvalue weighted by Gasteiger charge is -2.16. The first-order valence-electron chi connectivity index (χ1n) is 6.71. The predicted octanol–water partition coefficient (Wildman–Crippen LogP) is 4.34. The molecule has 21 heavy (non-hydrogen) atoms. The third-order valence-electron chi connectivity index (χ3n) is 3.28. The fourth-order valence-electron chi connectivity index (χ4n) is 2.17. The van der Waals surface area contributed by atoms with Crippen molar-refractivity contribution in [3.8, 4) is 6.07 Å². The Balaban J connectivity index is 2.23. The second kappa shape index (κ2) is 6.92. The number of carbonyl (C=O) groups excluding carboxylic acids is 1. The largest absolute Gasteiger partial charge is 0.324 e. The fourth-order valence-corrected chi connectivity index (χ4v) is 2.33. The van der Waals surface area contributed by atoms with Crippen molar-refractivity contribution < 1.29 is 4.79 Å². The second-order valence-corrected chi connectivity index (χ2v) is 5.07. The van der Waals surface area contributed by atoms with E-state index >= 15 is 0 Å². The summed E-state index contributed by atoms with van der Waals surface area (Å²) >= 11 is 6.07. The molecular formula is C17H15ClN2O. The Kier molecular flexibility index (Phi) is 4.97. The molecule has 0 heterocycles. The van der Waals surface area contributed by atoms with Crippen molar-refractivity contribution in [2.45, 2.75) is 19.3 Å². The molecule has 0 aliphatic carbocycles. The Labute approximate surface area is 129 Å². The average molecular weight is 299 g/mol. The summed E-state index contributed by atoms with van der Waals surface area (Å²) in [5.41, 5.74) is 1.89. The predicted molar refractivity (Wildman–Crippen MR) is 84.3 cm³/mol. The van der Waals surface area contributed by atoms with Gasteiger partial charge in [-0.2, -0.15) is 5.26 Å². The standard InChI is InChI=1S/C17H15ClN2O/c1-2-14(13-6-4-3-5-7-13)17(21)20-16-10-12(11-19)8-9-15(16)18/h3-10,14H,2H2,1H3,(H,20,21). The normalized spacial score (nSPS) is 11.5. The van der Waals surface area contributed by atoms with Crippen LogP contribution in [0, 0.1) is 11.3 Å². The van der Waals surface area contributed by atoms with E-state index in [1.165, 1.54) is 0 Å². The molecule has 2 aromatic rings. The van der Waals surface area contributed by atoms with Gasteiger partial charge in [0.25, 0.3) is 0 Å². The van der Waals surface area contributed by atoms with Gasteiger partial charge in [0.2, 0.25) is 5.91 Å². The Morgan fingerprint density at radius 1 is 1.29 bits per heavy atom. The minimum Gasteiger partial charge on any atom is -0.324 e. The van der Waals surface area contributed by atoms with Crippen molar-refractivity contribution >= 4 is 23.2 Å². The van der Waals surface area contributed by atoms with E-state index in [2.05, 4.69) is 5.32 Å². The van der Waals surface area contributed by atoms with Crippen molar-refractivity contribution in [1.82, 2.24) is 0 Å². The summed E-state index contributed by atoms with van der Waals surface area (Å²) in [7, 11) is 0. The number of carbonyl (C=O) groups is 1. The summed E-state index contributed by atoms with van der Waals surface area (Å²) in [5.74, 6) is -0.367. The van der Waals surface area contributed by atoms with Gasteiger partial charge in [-0.3, -0.25) is 4.79 Å². The van der Waals surface area contributed by atoms with E-state index in [0.29, 0.717) is 22.7 Å². The van der Waals surface area contributed by atoms with Crippen LogP contribution in [0.4, 0.5) is 5.69 Å². The summed E-state index contributed by atoms with van der Waals surface area (Å²) in [4.78, 5) is 12.4. The Morgan fingerprint density at radius 2 is 2.00 bits per heavy atom. The van der Waals surface area contributed by atoms with E-state index < -0.39 is 0 Å². The van der Waals surface area contributed by atoms with Gasteiger partial charge in [0.15, 0.2) is 0 Å². The first kappa shape index (κ1) is 15.1. The highest BCUT2D eigenvalue weighted by atomic mass is 35.5. The summed E-state index contributed by atoms with van der Waals surface area (Å²) in [6.45, 7) is 1.96. The van der Waals surface area contributed by atoms with Crippen LogP contribution in [0.1, 0.15) is 30.4 Å². The van der Waals surface area contributed by atoms with Crippen molar-refractivity contribution in [1.29, 1.82) is 5.26 Å². The molecule has 0 radical (unpaired) electrons. The highest BCUT2D eigenvalue weighted by Gasteiger charge is 2.19. The van der Waals surface area contributed by atoms with Crippen LogP contribution in [0.5, 0.6) is 0 Å². The average Bonchev–Trinajstić information content (AvgIpc) is 2.51. The van der Waals surface area contributed by atoms with E-state index in [9.17, 15) is 4.79 Å². The fraction of sp³-hybridized carbons (Fsp3) is 0.176. The van der Waals surface area contributed by atoms with E-state index in [4.69, 9.17) is 16.9 Å². The van der Waals surface area contributed by atoms with Gasteiger partial charge in [0, 0.05) is 0 Å². The van der Waals surface area contributed by atoms with Gasteiger partial charge in [-0.1, -0.05) is 48.9 Å². The van der Waals surface area contributed by atoms with Gasteiger partial charge in [0.05, 0.1) is 28.3 Å². The first-order chi connectivity index (χ1) is 10.2. The van der Waals surface area contributed by atoms with Crippen LogP contribution in [0.3, 0.4) is 0 Å². The SMILES string of the molecule is CCC(C(=O)Nc1cc(C#N)ccc1Cl)c1ccccc1. The van der Waals surface area contributed by atoms with Crippen molar-refractivity contribution in [3.05, 3.63) is 64.7 Å². The molecule has 4 heteroatoms. The molecule has 0 bridgehead atoms. The monoisotopic (exact) mass is 298 g/mol. The molecule has 2 rings (SSSR count). The maximum Gasteiger partial charge on any atom is 0.231 e. The molecule has 1 amide bonds. The van der Waals surface area contributed by atoms with Gasteiger partial charge >= 0.3 is 0 Å². The maximum absolute atomic E-state index is 12.4. The zero-order chi connectivity index (χ0) is 15.2. The van der Waals surface area contributed by atoms with Crippen molar-refractivity contribution in [2.75, 3.05) is 5.32 Å². The van der Waals surface area contributed by atoms with E-state index in [1.807, 2.05) is 43.3 Å². The number of benzene rings is 2. The molecule has 0 saturated carbocycles. The topological polar surface area (TPSA) is 52.9 Å². The Morgan fingerprint density at radius 3 is 2.62 bits per heavy atom. The molecular weight excluding hydrogens is 284 g/mol. The number of nitriles is 1. The van der Waals surface area contributed by atoms with Crippen LogP contribution in [-0.2, 0) is 4.79 Å². The highest BCUT2D eigenvalue weighted by Crippen LogP contribution is 2.26. The zero-order valence-electron chi connectivity index (χ0n) is 11.6. The lowest BCUT2D eigenvalue weighted by molar-refractivity contribution is -0.117. The number of anilines is 1. The number of nitrogens with one attached hydrogen (secondary N) is 1. The maximum atomic E-state index is 12.4. The first-order valence-corrected chi connectivity index (χ1v) is 7.09. The molecule has 106 valence electrons. The van der Waals surface area contributed by atoms with Crippen LogP contribution in [0.15, 0.2) is 48.5 Å². The number of hydrogen-bond acceptors (Lipinski definition) is 2. The van der Waals surface area contributed by atoms with Gasteiger partial charge in [-0.05, 0) is 30.2 Å². The molecule has 0 aliphatic heterocycles. The lowest BCUT2D eigenvalue weighted by Crippen LogP contribution is -2.20. The van der Waals surface area contributed by atoms with E-state index in [1.54, 1.807) is 18.2 Å². The number of nitrogens with zero attached hydrogens (tertiary/aromatic N) is 1. The smallest absolute Gasteiger partial charge is 0.231 e. The van der Waals surface area contributed by atoms with Gasteiger partial charge in [0.1, 0.15) is 0 Å². The lowest BCUT2D eigenvalue weighted by atomic mass is 9.95. The Bertz CT molecular complexity index is 677. The van der Waals surface area contributed by atoms with Crippen molar-refractivity contribution in [2.24, 2.45) is 0 Å². The Hall–Kier alpha value is -2.31. The molecule has 1 atom stereocenters. The summed E-state index contributed by atoms with van der Waals surface area (Å²) in [6, 6.07) is 16.4. The molecule has 3 nitrogen and oxygen atoms in total. The zero-order valence-corrected chi connectivity index (χ0v) is 12.4. The van der Waals surface area contributed by atoms with Crippen LogP contribution in [-0.4, -0.2) is 5.91 Å². The highest BCUT2D eigenvalue weighted by molar-refractivity contribution is 6.33. The van der Waals surface area contributed by atoms with Crippen LogP contribution >= 0.6 is 11.6 Å². The summed E-state index contributed by atoms with van der Waals surface area (Å²) in [5, 5.41) is 12.1. The second-order valence-electron chi connectivity index (χ2n) is 4.67. The van der Waals surface area contributed by atoms with Gasteiger partial charge in [-0.25, -0.2) is 0 Å². The van der Waals surface area contributed by atoms with Crippen molar-refractivity contribution in [3.63, 3.8) is 0 Å². The molecule has 1 N–H and O–H groups in total. The molecule has 0 aromatic heterocycles. The summed E-state index contributed by atoms with van der Waals surface area (Å²) in [6.07, 6.45) is 0.686.